The lowest BCUT2D eigenvalue weighted by Gasteiger charge is -2.07. The molecule has 2 rings (SSSR count). The summed E-state index contributed by atoms with van der Waals surface area (Å²) in [4.78, 5) is 11.8. The molecule has 0 heterocycles. The molecular formula is C19H21ClN2OS. The second-order valence-corrected chi connectivity index (χ2v) is 7.06. The monoisotopic (exact) mass is 360 g/mol. The first kappa shape index (κ1) is 18.6. The first-order chi connectivity index (χ1) is 11.5. The lowest BCUT2D eigenvalue weighted by Crippen LogP contribution is -2.19. The Balaban J connectivity index is 1.78. The van der Waals surface area contributed by atoms with E-state index in [1.807, 2.05) is 30.3 Å². The first-order valence-electron chi connectivity index (χ1n) is 7.68. The number of hydrazone groups is 1. The zero-order chi connectivity index (χ0) is 17.5. The molecule has 3 nitrogen and oxygen atoms in total. The van der Waals surface area contributed by atoms with Crippen molar-refractivity contribution in [1.82, 2.24) is 5.43 Å². The molecule has 0 atom stereocenters. The van der Waals surface area contributed by atoms with Crippen LogP contribution in [0.3, 0.4) is 0 Å². The Bertz CT molecular complexity index is 742. The Morgan fingerprint density at radius 2 is 1.83 bits per heavy atom. The molecule has 5 heteroatoms. The number of nitrogens with one attached hydrogen (secondary N) is 1. The normalized spacial score (nSPS) is 11.0. The lowest BCUT2D eigenvalue weighted by atomic mass is 10.00. The van der Waals surface area contributed by atoms with Crippen molar-refractivity contribution in [2.45, 2.75) is 26.5 Å². The molecule has 0 aliphatic rings. The minimum Gasteiger partial charge on any atom is -0.272 e. The summed E-state index contributed by atoms with van der Waals surface area (Å²) < 4.78 is 0. The van der Waals surface area contributed by atoms with Crippen LogP contribution >= 0.6 is 23.4 Å². The standard InChI is InChI=1S/C19H21ClN2OS/c1-13-4-7-17(15(3)14(13)2)10-21-22-19(23)12-24-11-16-5-8-18(20)9-6-16/h4-10H,11-12H2,1-3H3,(H,22,23)/b21-10-. The van der Waals surface area contributed by atoms with Gasteiger partial charge in [-0.1, -0.05) is 35.9 Å². The maximum Gasteiger partial charge on any atom is 0.250 e. The van der Waals surface area contributed by atoms with Gasteiger partial charge in [-0.25, -0.2) is 5.43 Å². The molecule has 0 saturated heterocycles. The van der Waals surface area contributed by atoms with Gasteiger partial charge >= 0.3 is 0 Å². The molecule has 126 valence electrons. The highest BCUT2D eigenvalue weighted by Gasteiger charge is 2.03. The smallest absolute Gasteiger partial charge is 0.250 e. The van der Waals surface area contributed by atoms with Crippen molar-refractivity contribution in [2.75, 3.05) is 5.75 Å². The summed E-state index contributed by atoms with van der Waals surface area (Å²) in [5, 5.41) is 4.77. The summed E-state index contributed by atoms with van der Waals surface area (Å²) in [7, 11) is 0. The molecule has 24 heavy (non-hydrogen) atoms. The average Bonchev–Trinajstić information content (AvgIpc) is 2.57. The van der Waals surface area contributed by atoms with E-state index in [1.54, 1.807) is 18.0 Å². The molecule has 0 spiro atoms. The Morgan fingerprint density at radius 1 is 1.12 bits per heavy atom. The number of thioether (sulfide) groups is 1. The van der Waals surface area contributed by atoms with Crippen molar-refractivity contribution in [1.29, 1.82) is 0 Å². The Labute approximate surface area is 152 Å². The number of benzene rings is 2. The van der Waals surface area contributed by atoms with Gasteiger partial charge in [0.1, 0.15) is 0 Å². The fourth-order valence-corrected chi connectivity index (χ4v) is 3.07. The van der Waals surface area contributed by atoms with E-state index in [4.69, 9.17) is 11.6 Å². The van der Waals surface area contributed by atoms with Gasteiger partial charge in [0.05, 0.1) is 12.0 Å². The zero-order valence-electron chi connectivity index (χ0n) is 14.1. The van der Waals surface area contributed by atoms with Crippen molar-refractivity contribution >= 4 is 35.5 Å². The third kappa shape index (κ3) is 5.39. The van der Waals surface area contributed by atoms with Crippen molar-refractivity contribution in [2.24, 2.45) is 5.10 Å². The molecule has 0 aliphatic carbocycles. The van der Waals surface area contributed by atoms with E-state index in [9.17, 15) is 4.79 Å². The molecule has 0 radical (unpaired) electrons. The number of carbonyl (C=O) groups is 1. The molecule has 0 aliphatic heterocycles. The quantitative estimate of drug-likeness (QED) is 0.601. The van der Waals surface area contributed by atoms with Gasteiger partial charge in [-0.05, 0) is 60.7 Å². The SMILES string of the molecule is Cc1ccc(/C=N\NC(=O)CSCc2ccc(Cl)cc2)c(C)c1C. The maximum absolute atomic E-state index is 11.8. The fourth-order valence-electron chi connectivity index (χ4n) is 2.17. The van der Waals surface area contributed by atoms with E-state index < -0.39 is 0 Å². The highest BCUT2D eigenvalue weighted by atomic mass is 35.5. The Hall–Kier alpha value is -1.78. The molecule has 2 aromatic carbocycles. The number of aryl methyl sites for hydroxylation is 1. The van der Waals surface area contributed by atoms with Crippen LogP contribution in [0.15, 0.2) is 41.5 Å². The van der Waals surface area contributed by atoms with E-state index in [2.05, 4.69) is 37.4 Å². The van der Waals surface area contributed by atoms with Gasteiger partial charge < -0.3 is 0 Å². The summed E-state index contributed by atoms with van der Waals surface area (Å²) in [5.41, 5.74) is 8.44. The molecule has 1 N–H and O–H groups in total. The van der Waals surface area contributed by atoms with Gasteiger partial charge in [-0.15, -0.1) is 11.8 Å². The molecule has 2 aromatic rings. The third-order valence-corrected chi connectivity index (χ3v) is 5.16. The lowest BCUT2D eigenvalue weighted by molar-refractivity contribution is -0.118. The van der Waals surface area contributed by atoms with Crippen LogP contribution in [0.2, 0.25) is 5.02 Å². The predicted molar refractivity (Wildman–Crippen MR) is 104 cm³/mol. The molecule has 0 aromatic heterocycles. The summed E-state index contributed by atoms with van der Waals surface area (Å²) >= 11 is 7.39. The highest BCUT2D eigenvalue weighted by Crippen LogP contribution is 2.16. The van der Waals surface area contributed by atoms with Crippen LogP contribution in [0.4, 0.5) is 0 Å². The summed E-state index contributed by atoms with van der Waals surface area (Å²) in [5.74, 6) is 1.03. The van der Waals surface area contributed by atoms with E-state index in [0.717, 1.165) is 21.9 Å². The van der Waals surface area contributed by atoms with E-state index in [0.29, 0.717) is 5.75 Å². The van der Waals surface area contributed by atoms with Crippen molar-refractivity contribution in [3.63, 3.8) is 0 Å². The number of halogens is 1. The van der Waals surface area contributed by atoms with Gasteiger partial charge in [0.25, 0.3) is 0 Å². The topological polar surface area (TPSA) is 41.5 Å². The molecule has 0 saturated carbocycles. The predicted octanol–water partition coefficient (Wildman–Crippen LogP) is 4.65. The molecule has 1 amide bonds. The number of amides is 1. The molecule has 0 unspecified atom stereocenters. The highest BCUT2D eigenvalue weighted by molar-refractivity contribution is 7.99. The van der Waals surface area contributed by atoms with Crippen molar-refractivity contribution in [3.8, 4) is 0 Å². The number of carbonyl (C=O) groups excluding carboxylic acids is 1. The average molecular weight is 361 g/mol. The number of nitrogens with zero attached hydrogens (tertiary/aromatic N) is 1. The third-order valence-electron chi connectivity index (χ3n) is 3.91. The van der Waals surface area contributed by atoms with Crippen LogP contribution in [0, 0.1) is 20.8 Å². The molecule has 0 fully saturated rings. The van der Waals surface area contributed by atoms with Crippen LogP contribution < -0.4 is 5.43 Å². The number of rotatable bonds is 6. The van der Waals surface area contributed by atoms with Crippen LogP contribution in [0.5, 0.6) is 0 Å². The van der Waals surface area contributed by atoms with Gasteiger partial charge in [-0.2, -0.15) is 5.10 Å². The Kier molecular flexibility index (Phi) is 6.88. The maximum atomic E-state index is 11.8. The van der Waals surface area contributed by atoms with Crippen LogP contribution in [0.25, 0.3) is 0 Å². The van der Waals surface area contributed by atoms with Crippen LogP contribution in [-0.2, 0) is 10.5 Å². The minimum atomic E-state index is -0.105. The first-order valence-corrected chi connectivity index (χ1v) is 9.21. The fraction of sp³-hybridized carbons (Fsp3) is 0.263. The zero-order valence-corrected chi connectivity index (χ0v) is 15.7. The van der Waals surface area contributed by atoms with E-state index in [1.165, 1.54) is 16.7 Å². The summed E-state index contributed by atoms with van der Waals surface area (Å²) in [6.45, 7) is 6.24. The summed E-state index contributed by atoms with van der Waals surface area (Å²) in [6.07, 6.45) is 1.70. The number of hydrogen-bond donors (Lipinski definition) is 1. The number of hydrogen-bond acceptors (Lipinski definition) is 3. The Morgan fingerprint density at radius 3 is 2.54 bits per heavy atom. The minimum absolute atomic E-state index is 0.105. The van der Waals surface area contributed by atoms with E-state index in [-0.39, 0.29) is 5.91 Å². The van der Waals surface area contributed by atoms with Gasteiger partial charge in [0.15, 0.2) is 0 Å². The van der Waals surface area contributed by atoms with Crippen LogP contribution in [-0.4, -0.2) is 17.9 Å². The second-order valence-electron chi connectivity index (χ2n) is 5.63. The van der Waals surface area contributed by atoms with Crippen LogP contribution in [0.1, 0.15) is 27.8 Å². The largest absolute Gasteiger partial charge is 0.272 e. The molecular weight excluding hydrogens is 340 g/mol. The van der Waals surface area contributed by atoms with E-state index >= 15 is 0 Å². The van der Waals surface area contributed by atoms with Gasteiger partial charge in [0, 0.05) is 10.8 Å². The molecule has 0 bridgehead atoms. The van der Waals surface area contributed by atoms with Gasteiger partial charge in [0.2, 0.25) is 5.91 Å². The van der Waals surface area contributed by atoms with Gasteiger partial charge in [-0.3, -0.25) is 4.79 Å². The second kappa shape index (κ2) is 8.90. The van der Waals surface area contributed by atoms with Crippen molar-refractivity contribution in [3.05, 3.63) is 69.2 Å². The summed E-state index contributed by atoms with van der Waals surface area (Å²) in [6, 6.07) is 11.7. The van der Waals surface area contributed by atoms with Crippen molar-refractivity contribution < 1.29 is 4.79 Å².